The van der Waals surface area contributed by atoms with Gasteiger partial charge in [-0.1, -0.05) is 0 Å². The summed E-state index contributed by atoms with van der Waals surface area (Å²) < 4.78 is 22.3. The van der Waals surface area contributed by atoms with E-state index < -0.39 is 9.84 Å². The molecule has 0 aliphatic heterocycles. The molecular weight excluding hydrogens is 202 g/mol. The van der Waals surface area contributed by atoms with Gasteiger partial charge in [0.1, 0.15) is 6.29 Å². The van der Waals surface area contributed by atoms with Gasteiger partial charge in [-0.05, 0) is 24.1 Å². The van der Waals surface area contributed by atoms with Gasteiger partial charge in [-0.15, -0.1) is 0 Å². The Balaban J connectivity index is 2.95. The van der Waals surface area contributed by atoms with E-state index in [1.807, 2.05) is 0 Å². The standard InChI is InChI=1S/C9H11NO3S/c1-14(12,13)9-7-8(3-2-6-11)4-5-10-9/h4-7H,2-3H2,1H3. The number of hydrogen-bond acceptors (Lipinski definition) is 4. The Bertz CT molecular complexity index is 425. The lowest BCUT2D eigenvalue weighted by Gasteiger charge is -2.00. The molecule has 1 rings (SSSR count). The van der Waals surface area contributed by atoms with Crippen LogP contribution < -0.4 is 0 Å². The van der Waals surface area contributed by atoms with Gasteiger partial charge in [0.25, 0.3) is 0 Å². The van der Waals surface area contributed by atoms with Gasteiger partial charge in [0, 0.05) is 18.9 Å². The van der Waals surface area contributed by atoms with Crippen molar-refractivity contribution in [2.75, 3.05) is 6.26 Å². The molecule has 76 valence electrons. The molecule has 0 aliphatic carbocycles. The highest BCUT2D eigenvalue weighted by Gasteiger charge is 2.08. The smallest absolute Gasteiger partial charge is 0.192 e. The zero-order valence-corrected chi connectivity index (χ0v) is 8.62. The molecule has 4 nitrogen and oxygen atoms in total. The molecule has 0 atom stereocenters. The Morgan fingerprint density at radius 3 is 2.79 bits per heavy atom. The van der Waals surface area contributed by atoms with Crippen molar-refractivity contribution in [1.82, 2.24) is 4.98 Å². The van der Waals surface area contributed by atoms with Crippen molar-refractivity contribution < 1.29 is 13.2 Å². The largest absolute Gasteiger partial charge is 0.303 e. The van der Waals surface area contributed by atoms with Crippen molar-refractivity contribution in [2.45, 2.75) is 17.9 Å². The summed E-state index contributed by atoms with van der Waals surface area (Å²) in [5.41, 5.74) is 0.813. The van der Waals surface area contributed by atoms with Crippen molar-refractivity contribution in [3.63, 3.8) is 0 Å². The Morgan fingerprint density at radius 2 is 2.21 bits per heavy atom. The number of rotatable bonds is 4. The first-order valence-electron chi connectivity index (χ1n) is 4.12. The molecule has 0 radical (unpaired) electrons. The third-order valence-electron chi connectivity index (χ3n) is 1.73. The van der Waals surface area contributed by atoms with E-state index in [0.29, 0.717) is 12.8 Å². The molecule has 1 aromatic rings. The normalized spacial score (nSPS) is 11.2. The topological polar surface area (TPSA) is 64.1 Å². The predicted octanol–water partition coefficient (Wildman–Crippen LogP) is 0.617. The summed E-state index contributed by atoms with van der Waals surface area (Å²) in [5, 5.41) is 0.0564. The maximum Gasteiger partial charge on any atom is 0.192 e. The van der Waals surface area contributed by atoms with E-state index in [0.717, 1.165) is 18.1 Å². The number of aromatic nitrogens is 1. The number of aryl methyl sites for hydroxylation is 1. The summed E-state index contributed by atoms with van der Waals surface area (Å²) in [7, 11) is -3.25. The predicted molar refractivity (Wildman–Crippen MR) is 51.7 cm³/mol. The molecule has 5 heteroatoms. The van der Waals surface area contributed by atoms with Gasteiger partial charge in [0.2, 0.25) is 0 Å². The van der Waals surface area contributed by atoms with Crippen LogP contribution in [0.1, 0.15) is 12.0 Å². The first kappa shape index (κ1) is 10.8. The van der Waals surface area contributed by atoms with E-state index in [2.05, 4.69) is 4.98 Å². The molecule has 0 fully saturated rings. The van der Waals surface area contributed by atoms with Crippen LogP contribution in [0.25, 0.3) is 0 Å². The summed E-state index contributed by atoms with van der Waals surface area (Å²) in [6.45, 7) is 0. The minimum absolute atomic E-state index is 0.0564. The summed E-state index contributed by atoms with van der Waals surface area (Å²) in [4.78, 5) is 13.9. The van der Waals surface area contributed by atoms with Gasteiger partial charge in [0.15, 0.2) is 14.9 Å². The highest BCUT2D eigenvalue weighted by molar-refractivity contribution is 7.90. The molecule has 0 saturated heterocycles. The van der Waals surface area contributed by atoms with Crippen LogP contribution in [0.15, 0.2) is 23.4 Å². The highest BCUT2D eigenvalue weighted by atomic mass is 32.2. The second kappa shape index (κ2) is 4.32. The van der Waals surface area contributed by atoms with Crippen molar-refractivity contribution in [3.05, 3.63) is 23.9 Å². The number of carbonyl (C=O) groups is 1. The number of aldehydes is 1. The molecule has 14 heavy (non-hydrogen) atoms. The maximum absolute atomic E-state index is 11.1. The molecule has 1 heterocycles. The maximum atomic E-state index is 11.1. The summed E-state index contributed by atoms with van der Waals surface area (Å²) in [5.74, 6) is 0. The summed E-state index contributed by atoms with van der Waals surface area (Å²) in [6.07, 6.45) is 4.30. The first-order valence-corrected chi connectivity index (χ1v) is 6.02. The first-order chi connectivity index (χ1) is 6.54. The van der Waals surface area contributed by atoms with Crippen LogP contribution in [-0.2, 0) is 21.1 Å². The zero-order chi connectivity index (χ0) is 10.6. The molecule has 0 unspecified atom stereocenters. The van der Waals surface area contributed by atoms with E-state index in [1.54, 1.807) is 6.07 Å². The molecule has 0 amide bonds. The number of sulfone groups is 1. The summed E-state index contributed by atoms with van der Waals surface area (Å²) >= 11 is 0. The Labute approximate surface area is 82.9 Å². The van der Waals surface area contributed by atoms with Crippen molar-refractivity contribution in [2.24, 2.45) is 0 Å². The molecule has 1 aromatic heterocycles. The molecular formula is C9H11NO3S. The lowest BCUT2D eigenvalue weighted by molar-refractivity contribution is -0.107. The molecule has 0 aromatic carbocycles. The van der Waals surface area contributed by atoms with Crippen LogP contribution in [0, 0.1) is 0 Å². The third kappa shape index (κ3) is 2.92. The fourth-order valence-corrected chi connectivity index (χ4v) is 1.65. The average molecular weight is 213 g/mol. The van der Waals surface area contributed by atoms with Crippen LogP contribution in [0.4, 0.5) is 0 Å². The lowest BCUT2D eigenvalue weighted by atomic mass is 10.2. The fourth-order valence-electron chi connectivity index (χ4n) is 1.03. The third-order valence-corrected chi connectivity index (χ3v) is 2.71. The Kier molecular flexibility index (Phi) is 3.35. The van der Waals surface area contributed by atoms with Crippen LogP contribution in [0.3, 0.4) is 0 Å². The van der Waals surface area contributed by atoms with Gasteiger partial charge in [-0.25, -0.2) is 13.4 Å². The quantitative estimate of drug-likeness (QED) is 0.688. The second-order valence-corrected chi connectivity index (χ2v) is 4.94. The molecule has 0 spiro atoms. The highest BCUT2D eigenvalue weighted by Crippen LogP contribution is 2.08. The van der Waals surface area contributed by atoms with Crippen LogP contribution in [-0.4, -0.2) is 25.9 Å². The lowest BCUT2D eigenvalue weighted by Crippen LogP contribution is -2.01. The average Bonchev–Trinajstić information content (AvgIpc) is 2.14. The van der Waals surface area contributed by atoms with Gasteiger partial charge in [-0.3, -0.25) is 0 Å². The second-order valence-electron chi connectivity index (χ2n) is 2.98. The van der Waals surface area contributed by atoms with E-state index >= 15 is 0 Å². The SMILES string of the molecule is CS(=O)(=O)c1cc(CCC=O)ccn1. The fraction of sp³-hybridized carbons (Fsp3) is 0.333. The van der Waals surface area contributed by atoms with Crippen LogP contribution in [0.5, 0.6) is 0 Å². The van der Waals surface area contributed by atoms with Crippen LogP contribution in [0.2, 0.25) is 0 Å². The van der Waals surface area contributed by atoms with Crippen molar-refractivity contribution in [1.29, 1.82) is 0 Å². The minimum Gasteiger partial charge on any atom is -0.303 e. The van der Waals surface area contributed by atoms with Gasteiger partial charge in [-0.2, -0.15) is 0 Å². The molecule has 0 aliphatic rings. The van der Waals surface area contributed by atoms with Gasteiger partial charge >= 0.3 is 0 Å². The van der Waals surface area contributed by atoms with E-state index in [4.69, 9.17) is 0 Å². The van der Waals surface area contributed by atoms with Gasteiger partial charge in [0.05, 0.1) is 0 Å². The van der Waals surface area contributed by atoms with Crippen molar-refractivity contribution in [3.8, 4) is 0 Å². The van der Waals surface area contributed by atoms with Crippen LogP contribution >= 0.6 is 0 Å². The molecule has 0 saturated carbocycles. The molecule has 0 bridgehead atoms. The van der Waals surface area contributed by atoms with E-state index in [-0.39, 0.29) is 5.03 Å². The van der Waals surface area contributed by atoms with E-state index in [1.165, 1.54) is 12.3 Å². The van der Waals surface area contributed by atoms with E-state index in [9.17, 15) is 13.2 Å². The van der Waals surface area contributed by atoms with Crippen molar-refractivity contribution >= 4 is 16.1 Å². The van der Waals surface area contributed by atoms with Gasteiger partial charge < -0.3 is 4.79 Å². The Morgan fingerprint density at radius 1 is 1.50 bits per heavy atom. The zero-order valence-electron chi connectivity index (χ0n) is 7.80. The summed E-state index contributed by atoms with van der Waals surface area (Å²) in [6, 6.07) is 3.21. The number of pyridine rings is 1. The minimum atomic E-state index is -3.25. The Hall–Kier alpha value is -1.23. The number of carbonyl (C=O) groups excluding carboxylic acids is 1. The number of hydrogen-bond donors (Lipinski definition) is 0. The monoisotopic (exact) mass is 213 g/mol. The molecule has 0 N–H and O–H groups in total. The number of nitrogens with zero attached hydrogens (tertiary/aromatic N) is 1.